The van der Waals surface area contributed by atoms with Gasteiger partial charge < -0.3 is 5.32 Å². The Kier molecular flexibility index (Phi) is 5.90. The van der Waals surface area contributed by atoms with Crippen LogP contribution in [0.3, 0.4) is 0 Å². The lowest BCUT2D eigenvalue weighted by molar-refractivity contribution is 0.544. The van der Waals surface area contributed by atoms with E-state index in [1.807, 2.05) is 6.92 Å². The van der Waals surface area contributed by atoms with Crippen LogP contribution in [0.25, 0.3) is 0 Å². The Morgan fingerprint density at radius 3 is 2.48 bits per heavy atom. The normalized spacial score (nSPS) is 12.4. The monoisotopic (exact) mass is 417 g/mol. The molecule has 2 rings (SSSR count). The lowest BCUT2D eigenvalue weighted by atomic mass is 9.98. The molecule has 0 spiro atoms. The van der Waals surface area contributed by atoms with Crippen molar-refractivity contribution in [2.75, 3.05) is 6.54 Å². The summed E-state index contributed by atoms with van der Waals surface area (Å²) < 4.78 is 28.9. The highest BCUT2D eigenvalue weighted by Crippen LogP contribution is 2.32. The second-order valence-corrected chi connectivity index (χ2v) is 6.49. The zero-order chi connectivity index (χ0) is 15.4. The van der Waals surface area contributed by atoms with Gasteiger partial charge in [0.05, 0.1) is 6.04 Å². The van der Waals surface area contributed by atoms with Crippen molar-refractivity contribution >= 4 is 31.9 Å². The number of rotatable bonds is 5. The van der Waals surface area contributed by atoms with Crippen LogP contribution in [-0.2, 0) is 0 Å². The second-order valence-electron chi connectivity index (χ2n) is 4.72. The van der Waals surface area contributed by atoms with Gasteiger partial charge in [-0.1, -0.05) is 44.8 Å². The maximum atomic E-state index is 14.2. The summed E-state index contributed by atoms with van der Waals surface area (Å²) in [6, 6.07) is 8.96. The van der Waals surface area contributed by atoms with E-state index >= 15 is 0 Å². The molecule has 0 amide bonds. The smallest absolute Gasteiger partial charge is 0.128 e. The predicted molar refractivity (Wildman–Crippen MR) is 88.3 cm³/mol. The Morgan fingerprint density at radius 1 is 1.05 bits per heavy atom. The summed E-state index contributed by atoms with van der Waals surface area (Å²) >= 11 is 6.74. The summed E-state index contributed by atoms with van der Waals surface area (Å²) in [6.45, 7) is 2.78. The molecule has 0 heterocycles. The molecule has 2 aromatic carbocycles. The summed E-state index contributed by atoms with van der Waals surface area (Å²) in [5, 5.41) is 3.32. The Labute approximate surface area is 140 Å². The van der Waals surface area contributed by atoms with E-state index in [2.05, 4.69) is 37.2 Å². The maximum Gasteiger partial charge on any atom is 0.128 e. The van der Waals surface area contributed by atoms with E-state index in [0.29, 0.717) is 10.0 Å². The first kappa shape index (κ1) is 16.6. The van der Waals surface area contributed by atoms with Gasteiger partial charge in [0.2, 0.25) is 0 Å². The molecule has 0 aliphatic carbocycles. The second kappa shape index (κ2) is 7.47. The van der Waals surface area contributed by atoms with Crippen molar-refractivity contribution in [1.29, 1.82) is 0 Å². The first-order chi connectivity index (χ1) is 10.0. The molecule has 0 bridgehead atoms. The van der Waals surface area contributed by atoms with Crippen molar-refractivity contribution in [1.82, 2.24) is 5.32 Å². The van der Waals surface area contributed by atoms with Crippen molar-refractivity contribution in [2.45, 2.75) is 19.4 Å². The molecular formula is C16H15Br2F2N. The van der Waals surface area contributed by atoms with Gasteiger partial charge in [-0.3, -0.25) is 0 Å². The summed E-state index contributed by atoms with van der Waals surface area (Å²) in [4.78, 5) is 0. The highest BCUT2D eigenvalue weighted by atomic mass is 79.9. The number of hydrogen-bond donors (Lipinski definition) is 1. The van der Waals surface area contributed by atoms with E-state index in [1.165, 1.54) is 18.2 Å². The summed E-state index contributed by atoms with van der Waals surface area (Å²) in [5.41, 5.74) is 1.34. The molecule has 0 saturated heterocycles. The maximum absolute atomic E-state index is 14.2. The van der Waals surface area contributed by atoms with Gasteiger partial charge in [-0.25, -0.2) is 8.78 Å². The number of nitrogens with one attached hydrogen (secondary N) is 1. The van der Waals surface area contributed by atoms with Crippen molar-refractivity contribution < 1.29 is 8.78 Å². The molecule has 0 saturated carbocycles. The van der Waals surface area contributed by atoms with Crippen LogP contribution in [0.15, 0.2) is 45.3 Å². The Morgan fingerprint density at radius 2 is 1.81 bits per heavy atom. The highest BCUT2D eigenvalue weighted by Gasteiger charge is 2.20. The standard InChI is InChI=1S/C16H15Br2F2N/c1-2-7-21-16(12-5-4-11(19)9-14(12)18)13-8-10(17)3-6-15(13)20/h3-6,8-9,16,21H,2,7H2,1H3. The first-order valence-corrected chi connectivity index (χ1v) is 8.24. The summed E-state index contributed by atoms with van der Waals surface area (Å²) in [6.07, 6.45) is 0.922. The third-order valence-electron chi connectivity index (χ3n) is 3.14. The zero-order valence-corrected chi connectivity index (χ0v) is 14.6. The molecule has 0 aliphatic heterocycles. The van der Waals surface area contributed by atoms with Gasteiger partial charge in [-0.15, -0.1) is 0 Å². The van der Waals surface area contributed by atoms with E-state index < -0.39 is 0 Å². The molecule has 2 aromatic rings. The van der Waals surface area contributed by atoms with Crippen LogP contribution in [0.4, 0.5) is 8.78 Å². The largest absolute Gasteiger partial charge is 0.306 e. The molecule has 21 heavy (non-hydrogen) atoms. The molecule has 5 heteroatoms. The van der Waals surface area contributed by atoms with E-state index in [-0.39, 0.29) is 17.7 Å². The van der Waals surface area contributed by atoms with Gasteiger partial charge in [0.15, 0.2) is 0 Å². The van der Waals surface area contributed by atoms with Crippen LogP contribution in [0, 0.1) is 11.6 Å². The lowest BCUT2D eigenvalue weighted by Gasteiger charge is -2.21. The van der Waals surface area contributed by atoms with Gasteiger partial charge in [0.1, 0.15) is 11.6 Å². The zero-order valence-electron chi connectivity index (χ0n) is 11.5. The van der Waals surface area contributed by atoms with Crippen molar-refractivity contribution in [3.63, 3.8) is 0 Å². The minimum absolute atomic E-state index is 0.289. The van der Waals surface area contributed by atoms with Crippen molar-refractivity contribution in [2.24, 2.45) is 0 Å². The third-order valence-corrected chi connectivity index (χ3v) is 4.32. The summed E-state index contributed by atoms with van der Waals surface area (Å²) in [5.74, 6) is -0.613. The lowest BCUT2D eigenvalue weighted by Crippen LogP contribution is -2.24. The average Bonchev–Trinajstić information content (AvgIpc) is 2.44. The van der Waals surface area contributed by atoms with Crippen LogP contribution >= 0.6 is 31.9 Å². The van der Waals surface area contributed by atoms with E-state index in [0.717, 1.165) is 23.0 Å². The fourth-order valence-electron chi connectivity index (χ4n) is 2.15. The molecular weight excluding hydrogens is 404 g/mol. The van der Waals surface area contributed by atoms with Gasteiger partial charge in [-0.2, -0.15) is 0 Å². The molecule has 0 aliphatic rings. The van der Waals surface area contributed by atoms with E-state index in [4.69, 9.17) is 0 Å². The number of benzene rings is 2. The third kappa shape index (κ3) is 4.11. The fraction of sp³-hybridized carbons (Fsp3) is 0.250. The van der Waals surface area contributed by atoms with Crippen LogP contribution in [-0.4, -0.2) is 6.54 Å². The van der Waals surface area contributed by atoms with Gasteiger partial charge >= 0.3 is 0 Å². The van der Waals surface area contributed by atoms with Crippen molar-refractivity contribution in [3.05, 3.63) is 68.1 Å². The molecule has 1 N–H and O–H groups in total. The first-order valence-electron chi connectivity index (χ1n) is 6.66. The molecule has 0 radical (unpaired) electrons. The molecule has 112 valence electrons. The van der Waals surface area contributed by atoms with Crippen LogP contribution in [0.2, 0.25) is 0 Å². The molecule has 1 unspecified atom stereocenters. The van der Waals surface area contributed by atoms with Crippen molar-refractivity contribution in [3.8, 4) is 0 Å². The van der Waals surface area contributed by atoms with Crippen LogP contribution in [0.1, 0.15) is 30.5 Å². The molecule has 0 aromatic heterocycles. The number of halogens is 4. The average molecular weight is 419 g/mol. The van der Waals surface area contributed by atoms with Gasteiger partial charge in [0, 0.05) is 14.5 Å². The van der Waals surface area contributed by atoms with Gasteiger partial charge in [0.25, 0.3) is 0 Å². The molecule has 0 fully saturated rings. The van der Waals surface area contributed by atoms with Crippen LogP contribution < -0.4 is 5.32 Å². The predicted octanol–water partition coefficient (Wildman–Crippen LogP) is 5.58. The van der Waals surface area contributed by atoms with Crippen LogP contribution in [0.5, 0.6) is 0 Å². The minimum atomic E-state index is -0.336. The highest BCUT2D eigenvalue weighted by molar-refractivity contribution is 9.10. The Balaban J connectivity index is 2.49. The van der Waals surface area contributed by atoms with E-state index in [1.54, 1.807) is 18.2 Å². The Bertz CT molecular complexity index is 632. The topological polar surface area (TPSA) is 12.0 Å². The quantitative estimate of drug-likeness (QED) is 0.668. The van der Waals surface area contributed by atoms with E-state index in [9.17, 15) is 8.78 Å². The Hall–Kier alpha value is -0.780. The SMILES string of the molecule is CCCNC(c1cc(Br)ccc1F)c1ccc(F)cc1Br. The molecule has 1 atom stereocenters. The van der Waals surface area contributed by atoms with Gasteiger partial charge in [-0.05, 0) is 48.9 Å². The minimum Gasteiger partial charge on any atom is -0.306 e. The fourth-order valence-corrected chi connectivity index (χ4v) is 3.11. The summed E-state index contributed by atoms with van der Waals surface area (Å²) in [7, 11) is 0. The number of hydrogen-bond acceptors (Lipinski definition) is 1. The molecule has 1 nitrogen and oxygen atoms in total.